The number of carbonyl (C=O) groups is 1. The van der Waals surface area contributed by atoms with Crippen LogP contribution in [0, 0.1) is 11.8 Å². The van der Waals surface area contributed by atoms with Gasteiger partial charge in [-0.2, -0.15) is 0 Å². The molecule has 0 aliphatic rings. The molecule has 1 N–H and O–H groups in total. The van der Waals surface area contributed by atoms with E-state index in [2.05, 4.69) is 17.2 Å². The summed E-state index contributed by atoms with van der Waals surface area (Å²) in [7, 11) is 3.99. The van der Waals surface area contributed by atoms with E-state index in [1.54, 1.807) is 6.07 Å². The predicted molar refractivity (Wildman–Crippen MR) is 96.2 cm³/mol. The minimum absolute atomic E-state index is 0.261. The number of carbonyl (C=O) groups excluding carboxylic acids is 1. The fourth-order valence-electron chi connectivity index (χ4n) is 2.29. The van der Waals surface area contributed by atoms with Crippen molar-refractivity contribution in [3.8, 4) is 11.8 Å². The lowest BCUT2D eigenvalue weighted by atomic mass is 10.2. The second-order valence-corrected chi connectivity index (χ2v) is 5.57. The van der Waals surface area contributed by atoms with Crippen LogP contribution in [-0.2, 0) is 0 Å². The molecule has 0 spiro atoms. The number of nitrogens with zero attached hydrogens (tertiary/aromatic N) is 1. The quantitative estimate of drug-likeness (QED) is 0.754. The summed E-state index contributed by atoms with van der Waals surface area (Å²) in [4.78, 5) is 14.1. The number of amides is 1. The molecule has 4 heteroatoms. The number of hydrogen-bond acceptors (Lipinski definition) is 3. The maximum atomic E-state index is 12.1. The molecule has 0 saturated carbocycles. The second kappa shape index (κ2) is 6.93. The lowest BCUT2D eigenvalue weighted by Crippen LogP contribution is -2.22. The van der Waals surface area contributed by atoms with E-state index in [-0.39, 0.29) is 12.5 Å². The summed E-state index contributed by atoms with van der Waals surface area (Å²) < 4.78 is 5.52. The molecule has 3 rings (SSSR count). The molecule has 24 heavy (non-hydrogen) atoms. The van der Waals surface area contributed by atoms with Crippen LogP contribution in [0.3, 0.4) is 0 Å². The standard InChI is InChI=1S/C20H18N2O2/c1-22(2)17-11-9-15(10-12-17)6-5-13-21-20(23)19-14-16-7-3-4-8-18(16)24-19/h3-4,7-12,14H,13H2,1-2H3,(H,21,23). The monoisotopic (exact) mass is 318 g/mol. The second-order valence-electron chi connectivity index (χ2n) is 5.57. The van der Waals surface area contributed by atoms with E-state index in [4.69, 9.17) is 4.42 Å². The molecular weight excluding hydrogens is 300 g/mol. The van der Waals surface area contributed by atoms with Gasteiger partial charge in [-0.05, 0) is 36.4 Å². The normalized spacial score (nSPS) is 10.1. The van der Waals surface area contributed by atoms with E-state index in [9.17, 15) is 4.79 Å². The first-order valence-electron chi connectivity index (χ1n) is 7.66. The van der Waals surface area contributed by atoms with Gasteiger partial charge in [0.1, 0.15) is 5.58 Å². The van der Waals surface area contributed by atoms with Crippen molar-refractivity contribution in [3.05, 3.63) is 65.9 Å². The van der Waals surface area contributed by atoms with Gasteiger partial charge in [0.25, 0.3) is 5.91 Å². The van der Waals surface area contributed by atoms with Crippen LogP contribution in [0.1, 0.15) is 16.1 Å². The van der Waals surface area contributed by atoms with E-state index in [0.717, 1.165) is 16.6 Å². The zero-order chi connectivity index (χ0) is 16.9. The molecule has 1 aromatic heterocycles. The van der Waals surface area contributed by atoms with Crippen molar-refractivity contribution in [1.29, 1.82) is 0 Å². The van der Waals surface area contributed by atoms with Crippen molar-refractivity contribution in [1.82, 2.24) is 5.32 Å². The molecule has 0 unspecified atom stereocenters. The minimum Gasteiger partial charge on any atom is -0.451 e. The molecule has 2 aromatic carbocycles. The van der Waals surface area contributed by atoms with Gasteiger partial charge >= 0.3 is 0 Å². The number of rotatable bonds is 3. The molecule has 0 fully saturated rings. The van der Waals surface area contributed by atoms with Crippen LogP contribution < -0.4 is 10.2 Å². The van der Waals surface area contributed by atoms with Gasteiger partial charge in [0.15, 0.2) is 5.76 Å². The number of nitrogens with one attached hydrogen (secondary N) is 1. The van der Waals surface area contributed by atoms with Gasteiger partial charge in [0.05, 0.1) is 6.54 Å². The molecule has 0 bridgehead atoms. The van der Waals surface area contributed by atoms with Gasteiger partial charge < -0.3 is 14.6 Å². The highest BCUT2D eigenvalue weighted by molar-refractivity contribution is 5.96. The van der Waals surface area contributed by atoms with E-state index >= 15 is 0 Å². The molecule has 1 heterocycles. The Balaban J connectivity index is 1.59. The molecule has 0 radical (unpaired) electrons. The minimum atomic E-state index is -0.261. The largest absolute Gasteiger partial charge is 0.451 e. The zero-order valence-corrected chi connectivity index (χ0v) is 13.7. The van der Waals surface area contributed by atoms with Gasteiger partial charge in [-0.3, -0.25) is 4.79 Å². The van der Waals surface area contributed by atoms with Crippen molar-refractivity contribution in [3.63, 3.8) is 0 Å². The number of furan rings is 1. The highest BCUT2D eigenvalue weighted by Crippen LogP contribution is 2.18. The Kier molecular flexibility index (Phi) is 4.53. The summed E-state index contributed by atoms with van der Waals surface area (Å²) in [6.07, 6.45) is 0. The Bertz CT molecular complexity index is 879. The van der Waals surface area contributed by atoms with Crippen LogP contribution in [0.15, 0.2) is 59.0 Å². The fourth-order valence-corrected chi connectivity index (χ4v) is 2.29. The SMILES string of the molecule is CN(C)c1ccc(C#CCNC(=O)c2cc3ccccc3o2)cc1. The number of hydrogen-bond donors (Lipinski definition) is 1. The van der Waals surface area contributed by atoms with E-state index in [1.165, 1.54) is 0 Å². The molecule has 0 aliphatic carbocycles. The lowest BCUT2D eigenvalue weighted by Gasteiger charge is -2.11. The Morgan fingerprint density at radius 1 is 1.12 bits per heavy atom. The molecule has 120 valence electrons. The highest BCUT2D eigenvalue weighted by Gasteiger charge is 2.10. The van der Waals surface area contributed by atoms with Crippen LogP contribution in [0.25, 0.3) is 11.0 Å². The predicted octanol–water partition coefficient (Wildman–Crippen LogP) is 3.28. The first-order valence-corrected chi connectivity index (χ1v) is 7.66. The molecular formula is C20H18N2O2. The van der Waals surface area contributed by atoms with Gasteiger partial charge in [-0.25, -0.2) is 0 Å². The van der Waals surface area contributed by atoms with E-state index in [0.29, 0.717) is 11.3 Å². The molecule has 4 nitrogen and oxygen atoms in total. The van der Waals surface area contributed by atoms with Crippen molar-refractivity contribution in [2.24, 2.45) is 0 Å². The van der Waals surface area contributed by atoms with E-state index < -0.39 is 0 Å². The van der Waals surface area contributed by atoms with Crippen LogP contribution in [0.2, 0.25) is 0 Å². The lowest BCUT2D eigenvalue weighted by molar-refractivity contribution is 0.0933. The summed E-state index contributed by atoms with van der Waals surface area (Å²) in [5.74, 6) is 6.02. The van der Waals surface area contributed by atoms with Crippen LogP contribution in [0.4, 0.5) is 5.69 Å². The zero-order valence-electron chi connectivity index (χ0n) is 13.7. The van der Waals surface area contributed by atoms with Crippen LogP contribution in [-0.4, -0.2) is 26.5 Å². The first-order chi connectivity index (χ1) is 11.6. The third-order valence-electron chi connectivity index (χ3n) is 3.60. The summed E-state index contributed by atoms with van der Waals surface area (Å²) in [5, 5.41) is 3.66. The van der Waals surface area contributed by atoms with Gasteiger partial charge in [-0.15, -0.1) is 0 Å². The first kappa shape index (κ1) is 15.7. The van der Waals surface area contributed by atoms with Gasteiger partial charge in [0.2, 0.25) is 0 Å². The maximum absolute atomic E-state index is 12.1. The van der Waals surface area contributed by atoms with Gasteiger partial charge in [-0.1, -0.05) is 30.0 Å². The van der Waals surface area contributed by atoms with Crippen molar-refractivity contribution >= 4 is 22.6 Å². The Morgan fingerprint density at radius 2 is 1.88 bits per heavy atom. The number of benzene rings is 2. The number of anilines is 1. The Labute approximate surface area is 141 Å². The summed E-state index contributed by atoms with van der Waals surface area (Å²) >= 11 is 0. The molecule has 0 atom stereocenters. The van der Waals surface area contributed by atoms with Crippen LogP contribution >= 0.6 is 0 Å². The molecule has 0 saturated heterocycles. The van der Waals surface area contributed by atoms with Crippen LogP contribution in [0.5, 0.6) is 0 Å². The summed E-state index contributed by atoms with van der Waals surface area (Å²) in [5.41, 5.74) is 2.74. The molecule has 0 aliphatic heterocycles. The number of para-hydroxylation sites is 1. The molecule has 3 aromatic rings. The third kappa shape index (κ3) is 3.58. The van der Waals surface area contributed by atoms with Crippen molar-refractivity contribution in [2.75, 3.05) is 25.5 Å². The maximum Gasteiger partial charge on any atom is 0.287 e. The Morgan fingerprint density at radius 3 is 2.58 bits per heavy atom. The summed E-state index contributed by atoms with van der Waals surface area (Å²) in [6.45, 7) is 0.269. The van der Waals surface area contributed by atoms with Crippen molar-refractivity contribution < 1.29 is 9.21 Å². The van der Waals surface area contributed by atoms with Crippen molar-refractivity contribution in [2.45, 2.75) is 0 Å². The third-order valence-corrected chi connectivity index (χ3v) is 3.60. The smallest absolute Gasteiger partial charge is 0.287 e. The fraction of sp³-hybridized carbons (Fsp3) is 0.150. The number of fused-ring (bicyclic) bond motifs is 1. The van der Waals surface area contributed by atoms with E-state index in [1.807, 2.05) is 67.5 Å². The Hall–Kier alpha value is -3.19. The van der Waals surface area contributed by atoms with Gasteiger partial charge in [0, 0.05) is 30.7 Å². The average Bonchev–Trinajstić information content (AvgIpc) is 3.03. The average molecular weight is 318 g/mol. The highest BCUT2D eigenvalue weighted by atomic mass is 16.3. The summed E-state index contributed by atoms with van der Waals surface area (Å²) in [6, 6.07) is 17.2. The topological polar surface area (TPSA) is 45.5 Å². The molecule has 1 amide bonds.